The monoisotopic (exact) mass is 278 g/mol. The number of halogens is 1. The summed E-state index contributed by atoms with van der Waals surface area (Å²) in [5.41, 5.74) is 0.598. The van der Waals surface area contributed by atoms with E-state index in [1.165, 1.54) is 0 Å². The maximum Gasteiger partial charge on any atom is 0.255 e. The van der Waals surface area contributed by atoms with E-state index in [9.17, 15) is 4.79 Å². The molecule has 0 unspecified atom stereocenters. The number of amides is 1. The molecule has 1 heterocycles. The van der Waals surface area contributed by atoms with Crippen LogP contribution in [-0.4, -0.2) is 48.4 Å². The molecule has 1 fully saturated rings. The number of hydrogen-bond donors (Lipinski definition) is 0. The zero-order valence-electron chi connectivity index (χ0n) is 11.0. The fourth-order valence-corrected chi connectivity index (χ4v) is 2.56. The Hall–Kier alpha value is -1.32. The van der Waals surface area contributed by atoms with E-state index in [-0.39, 0.29) is 5.91 Å². The van der Waals surface area contributed by atoms with Gasteiger partial charge in [0.15, 0.2) is 0 Å². The lowest BCUT2D eigenvalue weighted by atomic mass is 10.2. The van der Waals surface area contributed by atoms with Gasteiger partial charge in [-0.3, -0.25) is 9.69 Å². The van der Waals surface area contributed by atoms with Gasteiger partial charge in [0.25, 0.3) is 5.91 Å². The smallest absolute Gasteiger partial charge is 0.255 e. The molecule has 0 radical (unpaired) electrons. The van der Waals surface area contributed by atoms with Crippen LogP contribution < -0.4 is 0 Å². The SMILES string of the molecule is C=CCN1CCCN(C(=O)c2ccccc2Cl)CC1. The Balaban J connectivity index is 2.04. The molecule has 0 aromatic heterocycles. The van der Waals surface area contributed by atoms with Crippen LogP contribution in [0.3, 0.4) is 0 Å². The molecule has 102 valence electrons. The van der Waals surface area contributed by atoms with E-state index < -0.39 is 0 Å². The van der Waals surface area contributed by atoms with Gasteiger partial charge in [-0.05, 0) is 18.6 Å². The van der Waals surface area contributed by atoms with Crippen molar-refractivity contribution in [1.82, 2.24) is 9.80 Å². The second-order valence-electron chi connectivity index (χ2n) is 4.71. The number of rotatable bonds is 3. The molecule has 0 spiro atoms. The Morgan fingerprint density at radius 1 is 1.26 bits per heavy atom. The van der Waals surface area contributed by atoms with Crippen molar-refractivity contribution >= 4 is 17.5 Å². The zero-order valence-corrected chi connectivity index (χ0v) is 11.8. The van der Waals surface area contributed by atoms with Crippen LogP contribution in [0.1, 0.15) is 16.8 Å². The van der Waals surface area contributed by atoms with Gasteiger partial charge in [0, 0.05) is 32.7 Å². The Kier molecular flexibility index (Phi) is 5.00. The van der Waals surface area contributed by atoms with Crippen molar-refractivity contribution in [3.63, 3.8) is 0 Å². The Labute approximate surface area is 119 Å². The van der Waals surface area contributed by atoms with Crippen molar-refractivity contribution in [3.8, 4) is 0 Å². The van der Waals surface area contributed by atoms with Gasteiger partial charge in [0.2, 0.25) is 0 Å². The molecule has 0 atom stereocenters. The molecule has 0 saturated carbocycles. The van der Waals surface area contributed by atoms with Gasteiger partial charge in [-0.25, -0.2) is 0 Å². The van der Waals surface area contributed by atoms with E-state index in [0.29, 0.717) is 10.6 Å². The largest absolute Gasteiger partial charge is 0.337 e. The minimum atomic E-state index is 0.0334. The van der Waals surface area contributed by atoms with Crippen LogP contribution >= 0.6 is 11.6 Å². The van der Waals surface area contributed by atoms with Crippen molar-refractivity contribution < 1.29 is 4.79 Å². The maximum atomic E-state index is 12.4. The third-order valence-electron chi connectivity index (χ3n) is 3.37. The summed E-state index contributed by atoms with van der Waals surface area (Å²) in [6.07, 6.45) is 2.90. The molecular weight excluding hydrogens is 260 g/mol. The van der Waals surface area contributed by atoms with Crippen LogP contribution in [0.5, 0.6) is 0 Å². The molecule has 1 amide bonds. The van der Waals surface area contributed by atoms with Crippen molar-refractivity contribution in [2.75, 3.05) is 32.7 Å². The molecule has 2 rings (SSSR count). The predicted octanol–water partition coefficient (Wildman–Crippen LogP) is 2.67. The minimum Gasteiger partial charge on any atom is -0.337 e. The van der Waals surface area contributed by atoms with Gasteiger partial charge in [-0.15, -0.1) is 6.58 Å². The number of carbonyl (C=O) groups is 1. The highest BCUT2D eigenvalue weighted by Crippen LogP contribution is 2.18. The molecule has 3 nitrogen and oxygen atoms in total. The molecular formula is C15H19ClN2O. The quantitative estimate of drug-likeness (QED) is 0.794. The van der Waals surface area contributed by atoms with Crippen LogP contribution in [0.4, 0.5) is 0 Å². The van der Waals surface area contributed by atoms with Gasteiger partial charge in [0.05, 0.1) is 10.6 Å². The molecule has 19 heavy (non-hydrogen) atoms. The highest BCUT2D eigenvalue weighted by atomic mass is 35.5. The number of benzene rings is 1. The zero-order chi connectivity index (χ0) is 13.7. The summed E-state index contributed by atoms with van der Waals surface area (Å²) in [5.74, 6) is 0.0334. The standard InChI is InChI=1S/C15H19ClN2O/c1-2-8-17-9-5-10-18(12-11-17)15(19)13-6-3-4-7-14(13)16/h2-4,6-7H,1,5,8-12H2. The first-order chi connectivity index (χ1) is 9.22. The molecule has 0 N–H and O–H groups in total. The van der Waals surface area contributed by atoms with Crippen molar-refractivity contribution in [1.29, 1.82) is 0 Å². The summed E-state index contributed by atoms with van der Waals surface area (Å²) in [7, 11) is 0. The van der Waals surface area contributed by atoms with Crippen LogP contribution in [0.25, 0.3) is 0 Å². The molecule has 1 aromatic carbocycles. The summed E-state index contributed by atoms with van der Waals surface area (Å²) in [6.45, 7) is 8.08. The number of nitrogens with zero attached hydrogens (tertiary/aromatic N) is 2. The summed E-state index contributed by atoms with van der Waals surface area (Å²) < 4.78 is 0. The fourth-order valence-electron chi connectivity index (χ4n) is 2.34. The summed E-state index contributed by atoms with van der Waals surface area (Å²) in [5, 5.41) is 0.527. The third-order valence-corrected chi connectivity index (χ3v) is 3.70. The molecule has 4 heteroatoms. The van der Waals surface area contributed by atoms with E-state index in [0.717, 1.165) is 39.1 Å². The van der Waals surface area contributed by atoms with Gasteiger partial charge in [0.1, 0.15) is 0 Å². The van der Waals surface area contributed by atoms with Crippen LogP contribution in [-0.2, 0) is 0 Å². The first kappa shape index (κ1) is 14.1. The first-order valence-corrected chi connectivity index (χ1v) is 6.97. The van der Waals surface area contributed by atoms with E-state index in [1.807, 2.05) is 23.1 Å². The molecule has 1 aliphatic heterocycles. The second kappa shape index (κ2) is 6.73. The van der Waals surface area contributed by atoms with Crippen molar-refractivity contribution in [2.45, 2.75) is 6.42 Å². The lowest BCUT2D eigenvalue weighted by molar-refractivity contribution is 0.0762. The van der Waals surface area contributed by atoms with E-state index >= 15 is 0 Å². The Morgan fingerprint density at radius 3 is 2.79 bits per heavy atom. The molecule has 0 bridgehead atoms. The highest BCUT2D eigenvalue weighted by molar-refractivity contribution is 6.33. The highest BCUT2D eigenvalue weighted by Gasteiger charge is 2.21. The van der Waals surface area contributed by atoms with Crippen LogP contribution in [0.2, 0.25) is 5.02 Å². The van der Waals surface area contributed by atoms with Gasteiger partial charge in [-0.2, -0.15) is 0 Å². The van der Waals surface area contributed by atoms with Crippen LogP contribution in [0.15, 0.2) is 36.9 Å². The summed E-state index contributed by atoms with van der Waals surface area (Å²) in [6, 6.07) is 7.24. The average Bonchev–Trinajstić information content (AvgIpc) is 2.65. The van der Waals surface area contributed by atoms with Crippen LogP contribution in [0, 0.1) is 0 Å². The minimum absolute atomic E-state index is 0.0334. The first-order valence-electron chi connectivity index (χ1n) is 6.59. The van der Waals surface area contributed by atoms with Crippen molar-refractivity contribution in [3.05, 3.63) is 47.5 Å². The number of carbonyl (C=O) groups excluding carboxylic acids is 1. The Morgan fingerprint density at radius 2 is 2.05 bits per heavy atom. The summed E-state index contributed by atoms with van der Waals surface area (Å²) in [4.78, 5) is 16.6. The predicted molar refractivity (Wildman–Crippen MR) is 78.6 cm³/mol. The molecule has 1 saturated heterocycles. The van der Waals surface area contributed by atoms with E-state index in [4.69, 9.17) is 11.6 Å². The second-order valence-corrected chi connectivity index (χ2v) is 5.12. The topological polar surface area (TPSA) is 23.6 Å². The summed E-state index contributed by atoms with van der Waals surface area (Å²) >= 11 is 6.09. The molecule has 0 aliphatic carbocycles. The van der Waals surface area contributed by atoms with Gasteiger partial charge >= 0.3 is 0 Å². The van der Waals surface area contributed by atoms with E-state index in [1.54, 1.807) is 12.1 Å². The third kappa shape index (κ3) is 3.58. The van der Waals surface area contributed by atoms with Gasteiger partial charge in [-0.1, -0.05) is 29.8 Å². The average molecular weight is 279 g/mol. The normalized spacial score (nSPS) is 17.0. The lowest BCUT2D eigenvalue weighted by Gasteiger charge is -2.21. The molecule has 1 aliphatic rings. The molecule has 1 aromatic rings. The van der Waals surface area contributed by atoms with Crippen molar-refractivity contribution in [2.24, 2.45) is 0 Å². The number of hydrogen-bond acceptors (Lipinski definition) is 2. The maximum absolute atomic E-state index is 12.4. The van der Waals surface area contributed by atoms with Gasteiger partial charge < -0.3 is 4.90 Å². The Bertz CT molecular complexity index is 461. The fraction of sp³-hybridized carbons (Fsp3) is 0.400. The van der Waals surface area contributed by atoms with E-state index in [2.05, 4.69) is 11.5 Å². The lowest BCUT2D eigenvalue weighted by Crippen LogP contribution is -2.35.